The molecule has 5 nitrogen and oxygen atoms in total. The fourth-order valence-corrected chi connectivity index (χ4v) is 3.07. The van der Waals surface area contributed by atoms with E-state index in [0.29, 0.717) is 0 Å². The van der Waals surface area contributed by atoms with Crippen molar-refractivity contribution >= 4 is 18.2 Å². The first-order valence-corrected chi connectivity index (χ1v) is 7.82. The van der Waals surface area contributed by atoms with Crippen molar-refractivity contribution in [3.63, 3.8) is 0 Å². The number of hydrogen-bond acceptors (Lipinski definition) is 5. The highest BCUT2D eigenvalue weighted by molar-refractivity contribution is 5.85. The van der Waals surface area contributed by atoms with Crippen LogP contribution in [-0.4, -0.2) is 41.1 Å². The number of pyridine rings is 1. The zero-order valence-electron chi connectivity index (χ0n) is 12.9. The first-order chi connectivity index (χ1) is 10.9. The number of aromatic nitrogens is 3. The summed E-state index contributed by atoms with van der Waals surface area (Å²) in [6.07, 6.45) is 9.96. The van der Waals surface area contributed by atoms with Gasteiger partial charge in [-0.15, -0.1) is 12.4 Å². The van der Waals surface area contributed by atoms with Gasteiger partial charge in [-0.3, -0.25) is 4.98 Å². The van der Waals surface area contributed by atoms with Gasteiger partial charge in [0, 0.05) is 49.6 Å². The van der Waals surface area contributed by atoms with Crippen LogP contribution in [0.25, 0.3) is 11.4 Å². The Balaban J connectivity index is 0.00000156. The third-order valence-electron chi connectivity index (χ3n) is 4.22. The molecule has 2 aliphatic heterocycles. The van der Waals surface area contributed by atoms with E-state index in [-0.39, 0.29) is 12.4 Å². The third-order valence-corrected chi connectivity index (χ3v) is 4.22. The van der Waals surface area contributed by atoms with Crippen LogP contribution in [-0.2, 0) is 12.8 Å². The SMILES string of the molecule is C1=CCN(c2nc(-c3ccncc3)nc3c2CCNCC3)C1.Cl. The van der Waals surface area contributed by atoms with E-state index in [1.54, 1.807) is 12.4 Å². The molecule has 6 heteroatoms. The van der Waals surface area contributed by atoms with Gasteiger partial charge in [-0.05, 0) is 25.1 Å². The molecule has 0 amide bonds. The molecule has 120 valence electrons. The van der Waals surface area contributed by atoms with Gasteiger partial charge in [0.2, 0.25) is 0 Å². The number of anilines is 1. The molecular formula is C17H20ClN5. The van der Waals surface area contributed by atoms with Crippen molar-refractivity contribution in [1.82, 2.24) is 20.3 Å². The van der Waals surface area contributed by atoms with Crippen LogP contribution in [0, 0.1) is 0 Å². The fraction of sp³-hybridized carbons (Fsp3) is 0.353. The van der Waals surface area contributed by atoms with Crippen molar-refractivity contribution < 1.29 is 0 Å². The van der Waals surface area contributed by atoms with Crippen LogP contribution >= 0.6 is 12.4 Å². The Morgan fingerprint density at radius 1 is 0.957 bits per heavy atom. The van der Waals surface area contributed by atoms with E-state index in [4.69, 9.17) is 9.97 Å². The lowest BCUT2D eigenvalue weighted by molar-refractivity contribution is 0.708. The summed E-state index contributed by atoms with van der Waals surface area (Å²) >= 11 is 0. The molecule has 23 heavy (non-hydrogen) atoms. The van der Waals surface area contributed by atoms with Gasteiger partial charge in [0.15, 0.2) is 5.82 Å². The van der Waals surface area contributed by atoms with E-state index in [9.17, 15) is 0 Å². The number of halogens is 1. The minimum Gasteiger partial charge on any atom is -0.349 e. The molecule has 0 fully saturated rings. The lowest BCUT2D eigenvalue weighted by Crippen LogP contribution is -2.23. The van der Waals surface area contributed by atoms with Crippen molar-refractivity contribution in [2.45, 2.75) is 12.8 Å². The minimum atomic E-state index is 0. The maximum atomic E-state index is 4.90. The van der Waals surface area contributed by atoms with Crippen LogP contribution in [0.4, 0.5) is 5.82 Å². The van der Waals surface area contributed by atoms with Crippen LogP contribution in [0.5, 0.6) is 0 Å². The van der Waals surface area contributed by atoms with Crippen LogP contribution in [0.1, 0.15) is 11.3 Å². The van der Waals surface area contributed by atoms with Crippen LogP contribution in [0.2, 0.25) is 0 Å². The van der Waals surface area contributed by atoms with Crippen molar-refractivity contribution in [1.29, 1.82) is 0 Å². The van der Waals surface area contributed by atoms with E-state index in [1.165, 1.54) is 11.3 Å². The smallest absolute Gasteiger partial charge is 0.161 e. The zero-order valence-corrected chi connectivity index (χ0v) is 13.7. The summed E-state index contributed by atoms with van der Waals surface area (Å²) in [5.41, 5.74) is 3.53. The Bertz CT molecular complexity index is 694. The Morgan fingerprint density at radius 2 is 1.70 bits per heavy atom. The maximum Gasteiger partial charge on any atom is 0.161 e. The van der Waals surface area contributed by atoms with E-state index in [2.05, 4.69) is 27.4 Å². The quantitative estimate of drug-likeness (QED) is 0.854. The summed E-state index contributed by atoms with van der Waals surface area (Å²) in [4.78, 5) is 16.2. The normalized spacial score (nSPS) is 16.6. The van der Waals surface area contributed by atoms with Crippen molar-refractivity contribution in [2.75, 3.05) is 31.1 Å². The lowest BCUT2D eigenvalue weighted by Gasteiger charge is -2.22. The highest BCUT2D eigenvalue weighted by Crippen LogP contribution is 2.27. The Kier molecular flexibility index (Phi) is 4.88. The van der Waals surface area contributed by atoms with Gasteiger partial charge >= 0.3 is 0 Å². The molecule has 0 bridgehead atoms. The molecule has 0 spiro atoms. The topological polar surface area (TPSA) is 53.9 Å². The first kappa shape index (κ1) is 15.9. The Labute approximate surface area is 142 Å². The molecular weight excluding hydrogens is 310 g/mol. The fourth-order valence-electron chi connectivity index (χ4n) is 3.07. The lowest BCUT2D eigenvalue weighted by atomic mass is 10.1. The van der Waals surface area contributed by atoms with Crippen molar-refractivity contribution in [3.05, 3.63) is 47.9 Å². The minimum absolute atomic E-state index is 0. The summed E-state index contributed by atoms with van der Waals surface area (Å²) in [7, 11) is 0. The second-order valence-corrected chi connectivity index (χ2v) is 5.66. The van der Waals surface area contributed by atoms with Crippen molar-refractivity contribution in [3.8, 4) is 11.4 Å². The second kappa shape index (κ2) is 7.06. The van der Waals surface area contributed by atoms with E-state index < -0.39 is 0 Å². The van der Waals surface area contributed by atoms with Gasteiger partial charge in [-0.25, -0.2) is 9.97 Å². The zero-order chi connectivity index (χ0) is 14.8. The average Bonchev–Trinajstić information content (AvgIpc) is 3.00. The average molecular weight is 330 g/mol. The van der Waals surface area contributed by atoms with Gasteiger partial charge in [0.1, 0.15) is 5.82 Å². The van der Waals surface area contributed by atoms with Crippen LogP contribution < -0.4 is 10.2 Å². The van der Waals surface area contributed by atoms with Crippen LogP contribution in [0.3, 0.4) is 0 Å². The molecule has 0 aromatic carbocycles. The number of nitrogens with zero attached hydrogens (tertiary/aromatic N) is 4. The second-order valence-electron chi connectivity index (χ2n) is 5.66. The molecule has 0 saturated heterocycles. The predicted octanol–water partition coefficient (Wildman–Crippen LogP) is 2.02. The molecule has 2 aromatic heterocycles. The van der Waals surface area contributed by atoms with E-state index in [1.807, 2.05) is 12.1 Å². The van der Waals surface area contributed by atoms with Gasteiger partial charge in [0.05, 0.1) is 5.69 Å². The summed E-state index contributed by atoms with van der Waals surface area (Å²) in [6.45, 7) is 3.86. The number of hydrogen-bond donors (Lipinski definition) is 1. The maximum absolute atomic E-state index is 4.90. The molecule has 0 aliphatic carbocycles. The van der Waals surface area contributed by atoms with Gasteiger partial charge < -0.3 is 10.2 Å². The molecule has 4 heterocycles. The summed E-state index contributed by atoms with van der Waals surface area (Å²) in [6, 6.07) is 3.95. The predicted molar refractivity (Wildman–Crippen MR) is 94.1 cm³/mol. The van der Waals surface area contributed by atoms with Crippen molar-refractivity contribution in [2.24, 2.45) is 0 Å². The highest BCUT2D eigenvalue weighted by Gasteiger charge is 2.21. The molecule has 2 aromatic rings. The van der Waals surface area contributed by atoms with Gasteiger partial charge in [-0.1, -0.05) is 12.2 Å². The number of nitrogens with one attached hydrogen (secondary N) is 1. The monoisotopic (exact) mass is 329 g/mol. The number of fused-ring (bicyclic) bond motifs is 1. The third kappa shape index (κ3) is 3.21. The van der Waals surface area contributed by atoms with Gasteiger partial charge in [0.25, 0.3) is 0 Å². The number of rotatable bonds is 2. The first-order valence-electron chi connectivity index (χ1n) is 7.82. The van der Waals surface area contributed by atoms with Gasteiger partial charge in [-0.2, -0.15) is 0 Å². The molecule has 0 unspecified atom stereocenters. The molecule has 0 radical (unpaired) electrons. The summed E-state index contributed by atoms with van der Waals surface area (Å²) < 4.78 is 0. The standard InChI is InChI=1S/C17H19N5.ClH/c1-2-12-22(11-1)17-14-5-9-19-10-6-15(14)20-16(21-17)13-3-7-18-8-4-13;/h1-4,7-8,19H,5-6,9-12H2;1H. The van der Waals surface area contributed by atoms with E-state index >= 15 is 0 Å². The molecule has 4 rings (SSSR count). The Hall–Kier alpha value is -1.98. The molecule has 0 saturated carbocycles. The molecule has 2 aliphatic rings. The molecule has 0 atom stereocenters. The highest BCUT2D eigenvalue weighted by atomic mass is 35.5. The Morgan fingerprint density at radius 3 is 2.48 bits per heavy atom. The summed E-state index contributed by atoms with van der Waals surface area (Å²) in [5, 5.41) is 3.46. The largest absolute Gasteiger partial charge is 0.349 e. The van der Waals surface area contributed by atoms with E-state index in [0.717, 1.165) is 56.2 Å². The summed E-state index contributed by atoms with van der Waals surface area (Å²) in [5.74, 6) is 1.91. The van der Waals surface area contributed by atoms with Crippen LogP contribution in [0.15, 0.2) is 36.7 Å². The molecule has 1 N–H and O–H groups in total.